The number of fused-ring (bicyclic) bond motifs is 1. The van der Waals surface area contributed by atoms with Gasteiger partial charge in [0.05, 0.1) is 40.6 Å². The Morgan fingerprint density at radius 2 is 1.80 bits per heavy atom. The highest BCUT2D eigenvalue weighted by atomic mass is 35.5. The summed E-state index contributed by atoms with van der Waals surface area (Å²) in [6.07, 6.45) is 1.74. The molecule has 0 unspecified atom stereocenters. The molecule has 0 saturated carbocycles. The number of benzene rings is 3. The average Bonchev–Trinajstić information content (AvgIpc) is 3.26. The van der Waals surface area contributed by atoms with Gasteiger partial charge in [-0.1, -0.05) is 83.6 Å². The van der Waals surface area contributed by atoms with Crippen molar-refractivity contribution in [3.8, 4) is 11.5 Å². The standard InChI is InChI=1S/C31H27ClN2O5S/c1-4-38-30(36)26-19(2)33-31-34(27(26)22-13-9-6-10-14-22)29(35)25(40-31)17-21-15-23(32)28(24(16-21)37-3)39-18-20-11-7-5-8-12-20/h5-17,27H,4,18H2,1-3H3/b25-17+/t27-/m0/s1. The molecule has 1 atom stereocenters. The Balaban J connectivity index is 1.58. The molecule has 4 aromatic rings. The van der Waals surface area contributed by atoms with Crippen molar-refractivity contribution < 1.29 is 19.0 Å². The zero-order chi connectivity index (χ0) is 28.2. The van der Waals surface area contributed by atoms with E-state index in [1.165, 1.54) is 18.4 Å². The average molecular weight is 575 g/mol. The Bertz CT molecular complexity index is 1760. The molecule has 0 radical (unpaired) electrons. The van der Waals surface area contributed by atoms with Gasteiger partial charge in [0.25, 0.3) is 5.56 Å². The van der Waals surface area contributed by atoms with Gasteiger partial charge in [-0.2, -0.15) is 0 Å². The summed E-state index contributed by atoms with van der Waals surface area (Å²) < 4.78 is 18.9. The maximum Gasteiger partial charge on any atom is 0.338 e. The van der Waals surface area contributed by atoms with Crippen LogP contribution in [-0.4, -0.2) is 24.3 Å². The first kappa shape index (κ1) is 27.4. The van der Waals surface area contributed by atoms with Gasteiger partial charge in [-0.25, -0.2) is 9.79 Å². The SMILES string of the molecule is CCOC(=O)C1=C(C)N=c2s/c(=C/c3cc(Cl)c(OCc4ccccc4)c(OC)c3)c(=O)n2[C@H]1c1ccccc1. The Morgan fingerprint density at radius 1 is 1.10 bits per heavy atom. The first-order valence-corrected chi connectivity index (χ1v) is 13.9. The van der Waals surface area contributed by atoms with Crippen LogP contribution < -0.4 is 24.4 Å². The van der Waals surface area contributed by atoms with Gasteiger partial charge in [-0.3, -0.25) is 9.36 Å². The van der Waals surface area contributed by atoms with Gasteiger partial charge in [0.15, 0.2) is 16.3 Å². The lowest BCUT2D eigenvalue weighted by atomic mass is 9.96. The number of halogens is 1. The fourth-order valence-electron chi connectivity index (χ4n) is 4.59. The third-order valence-electron chi connectivity index (χ3n) is 6.41. The number of nitrogens with zero attached hydrogens (tertiary/aromatic N) is 2. The Kier molecular flexibility index (Phi) is 8.19. The van der Waals surface area contributed by atoms with Crippen molar-refractivity contribution >= 4 is 35.0 Å². The van der Waals surface area contributed by atoms with E-state index in [1.54, 1.807) is 36.6 Å². The molecule has 40 heavy (non-hydrogen) atoms. The minimum atomic E-state index is -0.662. The first-order valence-electron chi connectivity index (χ1n) is 12.7. The summed E-state index contributed by atoms with van der Waals surface area (Å²) in [7, 11) is 1.54. The van der Waals surface area contributed by atoms with Crippen molar-refractivity contribution in [1.29, 1.82) is 0 Å². The molecule has 204 valence electrons. The third kappa shape index (κ3) is 5.46. The van der Waals surface area contributed by atoms with E-state index in [4.69, 9.17) is 25.8 Å². The zero-order valence-corrected chi connectivity index (χ0v) is 23.8. The molecule has 2 heterocycles. The predicted molar refractivity (Wildman–Crippen MR) is 156 cm³/mol. The minimum absolute atomic E-state index is 0.217. The molecule has 1 aromatic heterocycles. The summed E-state index contributed by atoms with van der Waals surface area (Å²) in [5.74, 6) is 0.380. The Hall–Kier alpha value is -4.14. The second-order valence-electron chi connectivity index (χ2n) is 9.02. The van der Waals surface area contributed by atoms with Crippen LogP contribution in [0.3, 0.4) is 0 Å². The van der Waals surface area contributed by atoms with E-state index < -0.39 is 12.0 Å². The summed E-state index contributed by atoms with van der Waals surface area (Å²) in [4.78, 5) is 31.9. The molecule has 0 amide bonds. The normalized spacial score (nSPS) is 14.9. The molecular formula is C31H27ClN2O5S. The summed E-state index contributed by atoms with van der Waals surface area (Å²) in [5.41, 5.74) is 3.04. The maximum atomic E-state index is 13.8. The maximum absolute atomic E-state index is 13.8. The number of methoxy groups -OCH3 is 1. The molecule has 1 aliphatic rings. The highest BCUT2D eigenvalue weighted by Crippen LogP contribution is 2.37. The van der Waals surface area contributed by atoms with Gasteiger partial charge < -0.3 is 14.2 Å². The molecule has 5 rings (SSSR count). The Morgan fingerprint density at radius 3 is 2.48 bits per heavy atom. The molecule has 0 aliphatic carbocycles. The number of rotatable bonds is 8. The minimum Gasteiger partial charge on any atom is -0.493 e. The number of aromatic nitrogens is 1. The van der Waals surface area contributed by atoms with E-state index in [0.717, 1.165) is 11.1 Å². The van der Waals surface area contributed by atoms with E-state index in [2.05, 4.69) is 4.99 Å². The van der Waals surface area contributed by atoms with Crippen LogP contribution in [0.15, 0.2) is 93.9 Å². The molecule has 0 saturated heterocycles. The second-order valence-corrected chi connectivity index (χ2v) is 10.4. The van der Waals surface area contributed by atoms with Crippen molar-refractivity contribution in [2.75, 3.05) is 13.7 Å². The van der Waals surface area contributed by atoms with Crippen LogP contribution in [0, 0.1) is 0 Å². The fraction of sp³-hybridized carbons (Fsp3) is 0.194. The van der Waals surface area contributed by atoms with Crippen molar-refractivity contribution in [2.24, 2.45) is 4.99 Å². The van der Waals surface area contributed by atoms with Crippen LogP contribution >= 0.6 is 22.9 Å². The van der Waals surface area contributed by atoms with Crippen molar-refractivity contribution in [3.05, 3.63) is 125 Å². The van der Waals surface area contributed by atoms with Gasteiger partial charge in [0, 0.05) is 0 Å². The van der Waals surface area contributed by atoms with E-state index in [-0.39, 0.29) is 12.2 Å². The largest absolute Gasteiger partial charge is 0.493 e. The van der Waals surface area contributed by atoms with Gasteiger partial charge >= 0.3 is 5.97 Å². The number of hydrogen-bond acceptors (Lipinski definition) is 7. The lowest BCUT2D eigenvalue weighted by Gasteiger charge is -2.24. The van der Waals surface area contributed by atoms with Crippen LogP contribution in [0.2, 0.25) is 5.02 Å². The predicted octanol–water partition coefficient (Wildman–Crippen LogP) is 5.04. The molecule has 0 spiro atoms. The lowest BCUT2D eigenvalue weighted by Crippen LogP contribution is -2.39. The van der Waals surface area contributed by atoms with E-state index in [9.17, 15) is 9.59 Å². The summed E-state index contributed by atoms with van der Waals surface area (Å²) in [5, 5.41) is 0.358. The molecule has 0 N–H and O–H groups in total. The second kappa shape index (κ2) is 11.9. The lowest BCUT2D eigenvalue weighted by molar-refractivity contribution is -0.139. The van der Waals surface area contributed by atoms with Gasteiger partial charge in [0.1, 0.15) is 6.61 Å². The third-order valence-corrected chi connectivity index (χ3v) is 7.67. The van der Waals surface area contributed by atoms with Gasteiger partial charge in [0.2, 0.25) is 0 Å². The number of carbonyl (C=O) groups excluding carboxylic acids is 1. The highest BCUT2D eigenvalue weighted by molar-refractivity contribution is 7.07. The summed E-state index contributed by atoms with van der Waals surface area (Å²) in [6, 6.07) is 22.0. The Labute approximate surface area is 240 Å². The smallest absolute Gasteiger partial charge is 0.338 e. The summed E-state index contributed by atoms with van der Waals surface area (Å²) >= 11 is 7.86. The molecule has 0 bridgehead atoms. The molecular weight excluding hydrogens is 548 g/mol. The van der Waals surface area contributed by atoms with Crippen LogP contribution in [0.5, 0.6) is 11.5 Å². The van der Waals surface area contributed by atoms with Crippen LogP contribution in [0.1, 0.15) is 36.6 Å². The van der Waals surface area contributed by atoms with E-state index in [0.29, 0.717) is 49.3 Å². The van der Waals surface area contributed by atoms with Crippen molar-refractivity contribution in [1.82, 2.24) is 4.57 Å². The number of carbonyl (C=O) groups is 1. The van der Waals surface area contributed by atoms with Crippen molar-refractivity contribution in [3.63, 3.8) is 0 Å². The number of esters is 1. The zero-order valence-electron chi connectivity index (χ0n) is 22.2. The van der Waals surface area contributed by atoms with Crippen LogP contribution in [0.25, 0.3) is 6.08 Å². The van der Waals surface area contributed by atoms with Crippen LogP contribution in [0.4, 0.5) is 0 Å². The number of hydrogen-bond donors (Lipinski definition) is 0. The van der Waals surface area contributed by atoms with Gasteiger partial charge in [-0.05, 0) is 48.7 Å². The fourth-order valence-corrected chi connectivity index (χ4v) is 5.91. The summed E-state index contributed by atoms with van der Waals surface area (Å²) in [6.45, 7) is 4.06. The number of allylic oxidation sites excluding steroid dienone is 1. The van der Waals surface area contributed by atoms with Crippen molar-refractivity contribution in [2.45, 2.75) is 26.5 Å². The highest BCUT2D eigenvalue weighted by Gasteiger charge is 2.33. The number of thiazole rings is 1. The van der Waals surface area contributed by atoms with E-state index in [1.807, 2.05) is 60.7 Å². The molecule has 0 fully saturated rings. The topological polar surface area (TPSA) is 79.1 Å². The molecule has 3 aromatic carbocycles. The monoisotopic (exact) mass is 574 g/mol. The van der Waals surface area contributed by atoms with Gasteiger partial charge in [-0.15, -0.1) is 0 Å². The number of ether oxygens (including phenoxy) is 3. The molecule has 1 aliphatic heterocycles. The molecule has 9 heteroatoms. The molecule has 7 nitrogen and oxygen atoms in total. The quantitative estimate of drug-likeness (QED) is 0.276. The van der Waals surface area contributed by atoms with Crippen LogP contribution in [-0.2, 0) is 16.1 Å². The first-order chi connectivity index (χ1) is 19.4. The van der Waals surface area contributed by atoms with E-state index >= 15 is 0 Å².